The molecule has 0 unspecified atom stereocenters. The van der Waals surface area contributed by atoms with Crippen LogP contribution in [-0.2, 0) is 0 Å². The number of halogens is 1. The van der Waals surface area contributed by atoms with Gasteiger partial charge in [0.2, 0.25) is 0 Å². The van der Waals surface area contributed by atoms with Gasteiger partial charge in [-0.2, -0.15) is 5.10 Å². The van der Waals surface area contributed by atoms with Crippen molar-refractivity contribution in [2.45, 2.75) is 6.92 Å². The van der Waals surface area contributed by atoms with Crippen LogP contribution in [0.4, 0.5) is 5.69 Å². The van der Waals surface area contributed by atoms with E-state index in [1.54, 1.807) is 35.1 Å². The molecule has 4 nitrogen and oxygen atoms in total. The van der Waals surface area contributed by atoms with Crippen molar-refractivity contribution in [1.29, 1.82) is 0 Å². The average molecular weight is 312 g/mol. The number of aromatic nitrogens is 2. The van der Waals surface area contributed by atoms with Crippen LogP contribution in [0.25, 0.3) is 5.69 Å². The van der Waals surface area contributed by atoms with E-state index < -0.39 is 0 Å². The largest absolute Gasteiger partial charge is 0.322 e. The number of anilines is 1. The summed E-state index contributed by atoms with van der Waals surface area (Å²) < 4.78 is 1.75. The van der Waals surface area contributed by atoms with Crippen molar-refractivity contribution in [2.24, 2.45) is 0 Å². The van der Waals surface area contributed by atoms with E-state index in [1.807, 2.05) is 37.3 Å². The van der Waals surface area contributed by atoms with Crippen molar-refractivity contribution < 1.29 is 4.79 Å². The van der Waals surface area contributed by atoms with Crippen molar-refractivity contribution >= 4 is 23.2 Å². The summed E-state index contributed by atoms with van der Waals surface area (Å²) in [6, 6.07) is 16.7. The van der Waals surface area contributed by atoms with Gasteiger partial charge >= 0.3 is 0 Å². The molecular weight excluding hydrogens is 298 g/mol. The van der Waals surface area contributed by atoms with Gasteiger partial charge in [-0.05, 0) is 43.3 Å². The monoisotopic (exact) mass is 311 g/mol. The number of amides is 1. The van der Waals surface area contributed by atoms with Crippen LogP contribution < -0.4 is 5.32 Å². The molecule has 110 valence electrons. The first kappa shape index (κ1) is 14.4. The summed E-state index contributed by atoms with van der Waals surface area (Å²) in [6.45, 7) is 1.87. The summed E-state index contributed by atoms with van der Waals surface area (Å²) in [6.07, 6.45) is 1.58. The molecule has 0 aliphatic heterocycles. The summed E-state index contributed by atoms with van der Waals surface area (Å²) in [5.74, 6) is -0.193. The third kappa shape index (κ3) is 2.87. The molecule has 0 saturated heterocycles. The lowest BCUT2D eigenvalue weighted by atomic mass is 10.2. The number of carbonyl (C=O) groups is 1. The van der Waals surface area contributed by atoms with Gasteiger partial charge in [-0.1, -0.05) is 29.8 Å². The average Bonchev–Trinajstić information content (AvgIpc) is 2.92. The minimum absolute atomic E-state index is 0.193. The number of nitrogens with one attached hydrogen (secondary N) is 1. The van der Waals surface area contributed by atoms with Gasteiger partial charge in [0, 0.05) is 10.7 Å². The zero-order chi connectivity index (χ0) is 15.5. The van der Waals surface area contributed by atoms with Crippen LogP contribution >= 0.6 is 11.6 Å². The standard InChI is InChI=1S/C17H14ClN3O/c1-12-16(11-19-21(12)15-5-3-2-4-6-15)17(22)20-14-9-7-13(18)8-10-14/h2-11H,1H3,(H,20,22). The lowest BCUT2D eigenvalue weighted by molar-refractivity contribution is 0.102. The molecule has 3 aromatic rings. The summed E-state index contributed by atoms with van der Waals surface area (Å²) in [5, 5.41) is 7.77. The van der Waals surface area contributed by atoms with E-state index in [2.05, 4.69) is 10.4 Å². The molecule has 0 fully saturated rings. The maximum absolute atomic E-state index is 12.4. The van der Waals surface area contributed by atoms with E-state index in [-0.39, 0.29) is 5.91 Å². The number of hydrogen-bond acceptors (Lipinski definition) is 2. The molecule has 1 aromatic heterocycles. The summed E-state index contributed by atoms with van der Waals surface area (Å²) in [5.41, 5.74) is 2.95. The first-order valence-corrected chi connectivity index (χ1v) is 7.20. The predicted octanol–water partition coefficient (Wildman–Crippen LogP) is 4.09. The van der Waals surface area contributed by atoms with Crippen LogP contribution in [-0.4, -0.2) is 15.7 Å². The van der Waals surface area contributed by atoms with Crippen molar-refractivity contribution in [3.05, 3.63) is 77.1 Å². The summed E-state index contributed by atoms with van der Waals surface area (Å²) in [7, 11) is 0. The van der Waals surface area contributed by atoms with E-state index >= 15 is 0 Å². The molecule has 1 amide bonds. The molecule has 1 N–H and O–H groups in total. The van der Waals surface area contributed by atoms with Gasteiger partial charge in [-0.15, -0.1) is 0 Å². The lowest BCUT2D eigenvalue weighted by Crippen LogP contribution is -2.13. The van der Waals surface area contributed by atoms with E-state index in [0.29, 0.717) is 16.3 Å². The molecule has 0 atom stereocenters. The highest BCUT2D eigenvalue weighted by atomic mass is 35.5. The third-order valence-electron chi connectivity index (χ3n) is 3.36. The van der Waals surface area contributed by atoms with Crippen molar-refractivity contribution in [3.63, 3.8) is 0 Å². The first-order chi connectivity index (χ1) is 10.6. The van der Waals surface area contributed by atoms with Crippen LogP contribution in [0.15, 0.2) is 60.8 Å². The van der Waals surface area contributed by atoms with Crippen LogP contribution in [0, 0.1) is 6.92 Å². The Bertz CT molecular complexity index is 795. The maximum atomic E-state index is 12.4. The number of carbonyl (C=O) groups excluding carboxylic acids is 1. The number of nitrogens with zero attached hydrogens (tertiary/aromatic N) is 2. The van der Waals surface area contributed by atoms with E-state index in [4.69, 9.17) is 11.6 Å². The van der Waals surface area contributed by atoms with Crippen LogP contribution in [0.5, 0.6) is 0 Å². The highest BCUT2D eigenvalue weighted by Gasteiger charge is 2.15. The molecule has 0 aliphatic carbocycles. The maximum Gasteiger partial charge on any atom is 0.259 e. The summed E-state index contributed by atoms with van der Waals surface area (Å²) in [4.78, 5) is 12.4. The Morgan fingerprint density at radius 3 is 2.45 bits per heavy atom. The molecule has 0 spiro atoms. The van der Waals surface area contributed by atoms with Gasteiger partial charge in [0.05, 0.1) is 23.1 Å². The normalized spacial score (nSPS) is 10.5. The van der Waals surface area contributed by atoms with E-state index in [1.165, 1.54) is 0 Å². The minimum atomic E-state index is -0.193. The second-order valence-electron chi connectivity index (χ2n) is 4.85. The number of hydrogen-bond donors (Lipinski definition) is 1. The van der Waals surface area contributed by atoms with Gasteiger partial charge < -0.3 is 5.32 Å². The number of para-hydroxylation sites is 1. The molecule has 22 heavy (non-hydrogen) atoms. The third-order valence-corrected chi connectivity index (χ3v) is 3.61. The SMILES string of the molecule is Cc1c(C(=O)Nc2ccc(Cl)cc2)cnn1-c1ccccc1. The zero-order valence-electron chi connectivity index (χ0n) is 12.0. The molecule has 0 saturated carbocycles. The van der Waals surface area contributed by atoms with E-state index in [9.17, 15) is 4.79 Å². The highest BCUT2D eigenvalue weighted by molar-refractivity contribution is 6.30. The second kappa shape index (κ2) is 6.03. The quantitative estimate of drug-likeness (QED) is 0.792. The van der Waals surface area contributed by atoms with Gasteiger partial charge in [0.25, 0.3) is 5.91 Å². The topological polar surface area (TPSA) is 46.9 Å². The Balaban J connectivity index is 1.85. The van der Waals surface area contributed by atoms with Crippen LogP contribution in [0.3, 0.4) is 0 Å². The Morgan fingerprint density at radius 1 is 1.09 bits per heavy atom. The fourth-order valence-electron chi connectivity index (χ4n) is 2.19. The predicted molar refractivity (Wildman–Crippen MR) is 87.7 cm³/mol. The molecule has 0 radical (unpaired) electrons. The Labute approximate surface area is 133 Å². The van der Waals surface area contributed by atoms with Crippen molar-refractivity contribution in [1.82, 2.24) is 9.78 Å². The Hall–Kier alpha value is -2.59. The molecule has 0 bridgehead atoms. The van der Waals surface area contributed by atoms with Gasteiger partial charge in [-0.25, -0.2) is 4.68 Å². The fourth-order valence-corrected chi connectivity index (χ4v) is 2.32. The van der Waals surface area contributed by atoms with Crippen molar-refractivity contribution in [2.75, 3.05) is 5.32 Å². The molecular formula is C17H14ClN3O. The minimum Gasteiger partial charge on any atom is -0.322 e. The lowest BCUT2D eigenvalue weighted by Gasteiger charge is -2.06. The van der Waals surface area contributed by atoms with Gasteiger partial charge in [0.1, 0.15) is 0 Å². The van der Waals surface area contributed by atoms with E-state index in [0.717, 1.165) is 11.4 Å². The van der Waals surface area contributed by atoms with Gasteiger partial charge in [0.15, 0.2) is 0 Å². The fraction of sp³-hybridized carbons (Fsp3) is 0.0588. The van der Waals surface area contributed by atoms with Crippen LogP contribution in [0.1, 0.15) is 16.1 Å². The van der Waals surface area contributed by atoms with Crippen molar-refractivity contribution in [3.8, 4) is 5.69 Å². The Kier molecular flexibility index (Phi) is 3.94. The molecule has 0 aliphatic rings. The smallest absolute Gasteiger partial charge is 0.259 e. The zero-order valence-corrected chi connectivity index (χ0v) is 12.7. The molecule has 1 heterocycles. The highest BCUT2D eigenvalue weighted by Crippen LogP contribution is 2.17. The molecule has 5 heteroatoms. The Morgan fingerprint density at radius 2 is 1.77 bits per heavy atom. The van der Waals surface area contributed by atoms with Crippen LogP contribution in [0.2, 0.25) is 5.02 Å². The van der Waals surface area contributed by atoms with Gasteiger partial charge in [-0.3, -0.25) is 4.79 Å². The molecule has 3 rings (SSSR count). The number of rotatable bonds is 3. The number of benzene rings is 2. The first-order valence-electron chi connectivity index (χ1n) is 6.82. The molecule has 2 aromatic carbocycles. The summed E-state index contributed by atoms with van der Waals surface area (Å²) >= 11 is 5.84. The second-order valence-corrected chi connectivity index (χ2v) is 5.29.